The van der Waals surface area contributed by atoms with E-state index in [1.807, 2.05) is 12.1 Å². The standard InChI is InChI=1S/C17H27N3O2/c1-16(2,3)13-20-10-4-7-17(22,15(20)21)12-19-11-14-5-8-18-9-6-14/h5-6,8-9,19,22H,4,7,10-13H2,1-3H3. The molecule has 0 aliphatic carbocycles. The van der Waals surface area contributed by atoms with E-state index in [4.69, 9.17) is 0 Å². The van der Waals surface area contributed by atoms with Gasteiger partial charge in [-0.3, -0.25) is 9.78 Å². The average molecular weight is 305 g/mol. The van der Waals surface area contributed by atoms with Gasteiger partial charge in [0.25, 0.3) is 5.91 Å². The van der Waals surface area contributed by atoms with E-state index in [9.17, 15) is 9.90 Å². The highest BCUT2D eigenvalue weighted by molar-refractivity contribution is 5.86. The highest BCUT2D eigenvalue weighted by Crippen LogP contribution is 2.25. The molecule has 1 unspecified atom stereocenters. The Kier molecular flexibility index (Phi) is 5.19. The molecule has 1 fully saturated rings. The second kappa shape index (κ2) is 6.75. The molecule has 1 atom stereocenters. The van der Waals surface area contributed by atoms with Crippen molar-refractivity contribution < 1.29 is 9.90 Å². The summed E-state index contributed by atoms with van der Waals surface area (Å²) in [5.74, 6) is -0.143. The number of carbonyl (C=O) groups is 1. The summed E-state index contributed by atoms with van der Waals surface area (Å²) in [6.07, 6.45) is 4.84. The predicted octanol–water partition coefficient (Wildman–Crippen LogP) is 1.57. The lowest BCUT2D eigenvalue weighted by Crippen LogP contribution is -2.59. The van der Waals surface area contributed by atoms with Crippen molar-refractivity contribution in [2.24, 2.45) is 5.41 Å². The Morgan fingerprint density at radius 3 is 2.68 bits per heavy atom. The second-order valence-corrected chi connectivity index (χ2v) is 7.38. The predicted molar refractivity (Wildman–Crippen MR) is 86.2 cm³/mol. The first kappa shape index (κ1) is 16.9. The molecule has 0 saturated carbocycles. The smallest absolute Gasteiger partial charge is 0.255 e. The largest absolute Gasteiger partial charge is 0.379 e. The van der Waals surface area contributed by atoms with Crippen molar-refractivity contribution >= 4 is 5.91 Å². The number of pyridine rings is 1. The van der Waals surface area contributed by atoms with E-state index < -0.39 is 5.60 Å². The fraction of sp³-hybridized carbons (Fsp3) is 0.647. The van der Waals surface area contributed by atoms with Crippen LogP contribution in [0.1, 0.15) is 39.2 Å². The maximum Gasteiger partial charge on any atom is 0.255 e. The summed E-state index contributed by atoms with van der Waals surface area (Å²) in [6.45, 7) is 8.65. The van der Waals surface area contributed by atoms with Crippen LogP contribution >= 0.6 is 0 Å². The number of aromatic nitrogens is 1. The van der Waals surface area contributed by atoms with Crippen LogP contribution in [-0.4, -0.2) is 46.1 Å². The molecule has 0 aromatic carbocycles. The van der Waals surface area contributed by atoms with Crippen LogP contribution in [0.25, 0.3) is 0 Å². The lowest BCUT2D eigenvalue weighted by atomic mass is 9.88. The Morgan fingerprint density at radius 2 is 2.05 bits per heavy atom. The first-order chi connectivity index (χ1) is 10.3. The molecular weight excluding hydrogens is 278 g/mol. The van der Waals surface area contributed by atoms with Gasteiger partial charge in [-0.05, 0) is 36.0 Å². The van der Waals surface area contributed by atoms with Crippen LogP contribution < -0.4 is 5.32 Å². The molecule has 122 valence electrons. The fourth-order valence-corrected chi connectivity index (χ4v) is 2.87. The molecule has 1 aromatic heterocycles. The van der Waals surface area contributed by atoms with Gasteiger partial charge < -0.3 is 15.3 Å². The SMILES string of the molecule is CC(C)(C)CN1CCCC(O)(CNCc2ccncc2)C1=O. The van der Waals surface area contributed by atoms with Crippen LogP contribution in [-0.2, 0) is 11.3 Å². The van der Waals surface area contributed by atoms with Crippen molar-refractivity contribution in [2.45, 2.75) is 45.8 Å². The molecule has 2 heterocycles. The monoisotopic (exact) mass is 305 g/mol. The number of piperidine rings is 1. The van der Waals surface area contributed by atoms with Gasteiger partial charge >= 0.3 is 0 Å². The summed E-state index contributed by atoms with van der Waals surface area (Å²) >= 11 is 0. The van der Waals surface area contributed by atoms with Gasteiger partial charge in [0.2, 0.25) is 0 Å². The van der Waals surface area contributed by atoms with Crippen LogP contribution in [0, 0.1) is 5.41 Å². The topological polar surface area (TPSA) is 65.5 Å². The van der Waals surface area contributed by atoms with Crippen LogP contribution in [0.15, 0.2) is 24.5 Å². The summed E-state index contributed by atoms with van der Waals surface area (Å²) in [4.78, 5) is 18.4. The zero-order chi connectivity index (χ0) is 16.2. The van der Waals surface area contributed by atoms with Gasteiger partial charge in [0, 0.05) is 38.6 Å². The van der Waals surface area contributed by atoms with Gasteiger partial charge in [0.15, 0.2) is 5.60 Å². The van der Waals surface area contributed by atoms with E-state index in [1.165, 1.54) is 0 Å². The summed E-state index contributed by atoms with van der Waals surface area (Å²) in [7, 11) is 0. The Labute approximate surface area is 132 Å². The van der Waals surface area contributed by atoms with Gasteiger partial charge in [-0.2, -0.15) is 0 Å². The third kappa shape index (κ3) is 4.52. The number of aliphatic hydroxyl groups is 1. The number of hydrogen-bond donors (Lipinski definition) is 2. The van der Waals surface area contributed by atoms with Gasteiger partial charge in [0.1, 0.15) is 0 Å². The molecule has 0 radical (unpaired) electrons. The quantitative estimate of drug-likeness (QED) is 0.867. The van der Waals surface area contributed by atoms with Crippen molar-refractivity contribution in [3.05, 3.63) is 30.1 Å². The lowest BCUT2D eigenvalue weighted by molar-refractivity contribution is -0.158. The summed E-state index contributed by atoms with van der Waals surface area (Å²) in [5.41, 5.74) is -0.150. The minimum Gasteiger partial charge on any atom is -0.379 e. The van der Waals surface area contributed by atoms with E-state index in [-0.39, 0.29) is 17.9 Å². The van der Waals surface area contributed by atoms with Crippen LogP contribution in [0.2, 0.25) is 0 Å². The first-order valence-corrected chi connectivity index (χ1v) is 7.92. The zero-order valence-electron chi connectivity index (χ0n) is 13.8. The Bertz CT molecular complexity index is 498. The Hall–Kier alpha value is -1.46. The van der Waals surface area contributed by atoms with Crippen LogP contribution in [0.4, 0.5) is 0 Å². The van der Waals surface area contributed by atoms with Gasteiger partial charge in [0.05, 0.1) is 0 Å². The molecule has 22 heavy (non-hydrogen) atoms. The Morgan fingerprint density at radius 1 is 1.36 bits per heavy atom. The summed E-state index contributed by atoms with van der Waals surface area (Å²) in [6, 6.07) is 3.84. The van der Waals surface area contributed by atoms with E-state index in [2.05, 4.69) is 31.1 Å². The molecule has 1 aliphatic heterocycles. The van der Waals surface area contributed by atoms with Crippen molar-refractivity contribution in [1.29, 1.82) is 0 Å². The maximum absolute atomic E-state index is 12.6. The highest BCUT2D eigenvalue weighted by Gasteiger charge is 2.42. The number of likely N-dealkylation sites (tertiary alicyclic amines) is 1. The van der Waals surface area contributed by atoms with Crippen molar-refractivity contribution in [3.63, 3.8) is 0 Å². The number of nitrogens with zero attached hydrogens (tertiary/aromatic N) is 2. The van der Waals surface area contributed by atoms with E-state index in [1.54, 1.807) is 17.3 Å². The van der Waals surface area contributed by atoms with Gasteiger partial charge in [-0.15, -0.1) is 0 Å². The summed E-state index contributed by atoms with van der Waals surface area (Å²) in [5, 5.41) is 13.9. The van der Waals surface area contributed by atoms with Crippen molar-refractivity contribution in [3.8, 4) is 0 Å². The molecule has 2 rings (SSSR count). The van der Waals surface area contributed by atoms with Crippen molar-refractivity contribution in [1.82, 2.24) is 15.2 Å². The molecule has 5 heteroatoms. The van der Waals surface area contributed by atoms with E-state index >= 15 is 0 Å². The average Bonchev–Trinajstić information content (AvgIpc) is 2.44. The fourth-order valence-electron chi connectivity index (χ4n) is 2.87. The zero-order valence-corrected chi connectivity index (χ0v) is 13.8. The molecule has 0 bridgehead atoms. The number of amides is 1. The molecule has 1 amide bonds. The van der Waals surface area contributed by atoms with E-state index in [0.29, 0.717) is 19.5 Å². The molecule has 1 saturated heterocycles. The molecule has 2 N–H and O–H groups in total. The molecule has 1 aromatic rings. The lowest BCUT2D eigenvalue weighted by Gasteiger charge is -2.41. The molecular formula is C17H27N3O2. The number of rotatable bonds is 5. The molecule has 0 spiro atoms. The summed E-state index contributed by atoms with van der Waals surface area (Å²) < 4.78 is 0. The van der Waals surface area contributed by atoms with Crippen LogP contribution in [0.5, 0.6) is 0 Å². The first-order valence-electron chi connectivity index (χ1n) is 7.92. The maximum atomic E-state index is 12.6. The normalized spacial score (nSPS) is 22.9. The van der Waals surface area contributed by atoms with Gasteiger partial charge in [-0.25, -0.2) is 0 Å². The third-order valence-corrected chi connectivity index (χ3v) is 3.86. The van der Waals surface area contributed by atoms with Crippen LogP contribution in [0.3, 0.4) is 0 Å². The number of hydrogen-bond acceptors (Lipinski definition) is 4. The highest BCUT2D eigenvalue weighted by atomic mass is 16.3. The second-order valence-electron chi connectivity index (χ2n) is 7.38. The Balaban J connectivity index is 1.92. The minimum absolute atomic E-state index is 0.0401. The number of carbonyl (C=O) groups excluding carboxylic acids is 1. The van der Waals surface area contributed by atoms with E-state index in [0.717, 1.165) is 18.5 Å². The minimum atomic E-state index is -1.28. The van der Waals surface area contributed by atoms with Crippen molar-refractivity contribution in [2.75, 3.05) is 19.6 Å². The van der Waals surface area contributed by atoms with Gasteiger partial charge in [-0.1, -0.05) is 20.8 Å². The third-order valence-electron chi connectivity index (χ3n) is 3.86. The molecule has 5 nitrogen and oxygen atoms in total. The molecule has 1 aliphatic rings. The number of nitrogens with one attached hydrogen (secondary N) is 1.